The number of methoxy groups -OCH3 is 1. The van der Waals surface area contributed by atoms with Crippen LogP contribution in [0.4, 0.5) is 5.69 Å². The quantitative estimate of drug-likeness (QED) is 0.840. The molecular weight excluding hydrogens is 252 g/mol. The maximum absolute atomic E-state index is 11.8. The number of rotatable bonds is 6. The Balaban J connectivity index is 1.72. The summed E-state index contributed by atoms with van der Waals surface area (Å²) in [4.78, 5) is 11.8. The van der Waals surface area contributed by atoms with Crippen LogP contribution in [-0.4, -0.2) is 26.1 Å². The van der Waals surface area contributed by atoms with E-state index in [9.17, 15) is 4.79 Å². The van der Waals surface area contributed by atoms with Gasteiger partial charge in [0.1, 0.15) is 5.75 Å². The number of carbonyl (C=O) groups excluding carboxylic acids is 1. The van der Waals surface area contributed by atoms with Crippen LogP contribution in [-0.2, 0) is 4.79 Å². The molecule has 1 aromatic rings. The number of ether oxygens (including phenoxy) is 1. The Labute approximate surface area is 120 Å². The summed E-state index contributed by atoms with van der Waals surface area (Å²) in [6.45, 7) is 3.58. The van der Waals surface area contributed by atoms with E-state index in [2.05, 4.69) is 17.6 Å². The second-order valence-electron chi connectivity index (χ2n) is 5.90. The van der Waals surface area contributed by atoms with E-state index in [0.717, 1.165) is 18.0 Å². The van der Waals surface area contributed by atoms with Crippen molar-refractivity contribution < 1.29 is 9.53 Å². The number of anilines is 1. The van der Waals surface area contributed by atoms with Crippen molar-refractivity contribution in [1.82, 2.24) is 5.32 Å². The van der Waals surface area contributed by atoms with E-state index >= 15 is 0 Å². The van der Waals surface area contributed by atoms with E-state index in [-0.39, 0.29) is 5.91 Å². The summed E-state index contributed by atoms with van der Waals surface area (Å²) < 4.78 is 5.08. The number of hydrogen-bond acceptors (Lipinski definition) is 3. The van der Waals surface area contributed by atoms with E-state index in [1.54, 1.807) is 7.11 Å². The Kier molecular flexibility index (Phi) is 5.01. The van der Waals surface area contributed by atoms with Crippen LogP contribution in [0.3, 0.4) is 0 Å². The minimum Gasteiger partial charge on any atom is -0.497 e. The van der Waals surface area contributed by atoms with E-state index < -0.39 is 0 Å². The fourth-order valence-electron chi connectivity index (χ4n) is 2.76. The van der Waals surface area contributed by atoms with Crippen LogP contribution in [0.2, 0.25) is 0 Å². The van der Waals surface area contributed by atoms with Crippen LogP contribution < -0.4 is 15.4 Å². The van der Waals surface area contributed by atoms with Gasteiger partial charge < -0.3 is 15.4 Å². The molecule has 2 rings (SSSR count). The summed E-state index contributed by atoms with van der Waals surface area (Å²) in [6, 6.07) is 7.36. The molecule has 1 amide bonds. The van der Waals surface area contributed by atoms with Crippen molar-refractivity contribution in [3.05, 3.63) is 24.3 Å². The van der Waals surface area contributed by atoms with Gasteiger partial charge in [0.05, 0.1) is 13.7 Å². The summed E-state index contributed by atoms with van der Waals surface area (Å²) in [6.07, 6.45) is 5.16. The Morgan fingerprint density at radius 2 is 1.90 bits per heavy atom. The van der Waals surface area contributed by atoms with E-state index in [4.69, 9.17) is 4.74 Å². The van der Waals surface area contributed by atoms with Crippen molar-refractivity contribution in [3.8, 4) is 5.75 Å². The van der Waals surface area contributed by atoms with Gasteiger partial charge in [-0.05, 0) is 42.5 Å². The molecule has 0 bridgehead atoms. The average molecular weight is 276 g/mol. The van der Waals surface area contributed by atoms with Gasteiger partial charge >= 0.3 is 0 Å². The average Bonchev–Trinajstić information content (AvgIpc) is 2.86. The summed E-state index contributed by atoms with van der Waals surface area (Å²) >= 11 is 0. The summed E-state index contributed by atoms with van der Waals surface area (Å²) in [5, 5.41) is 6.15. The third-order valence-electron chi connectivity index (χ3n) is 4.02. The standard InChI is InChI=1S/C16H24N2O2/c1-16(9-3-4-10-16)12-17-11-15(19)18-13-5-7-14(20-2)8-6-13/h5-8,17H,3-4,9-12H2,1-2H3,(H,18,19). The van der Waals surface area contributed by atoms with Crippen LogP contribution in [0, 0.1) is 5.41 Å². The number of benzene rings is 1. The van der Waals surface area contributed by atoms with Gasteiger partial charge in [0.2, 0.25) is 5.91 Å². The fourth-order valence-corrected chi connectivity index (χ4v) is 2.76. The van der Waals surface area contributed by atoms with Crippen molar-refractivity contribution in [2.75, 3.05) is 25.5 Å². The smallest absolute Gasteiger partial charge is 0.238 e. The van der Waals surface area contributed by atoms with Crippen LogP contribution in [0.5, 0.6) is 5.75 Å². The Morgan fingerprint density at radius 3 is 2.50 bits per heavy atom. The number of hydrogen-bond donors (Lipinski definition) is 2. The van der Waals surface area contributed by atoms with E-state index in [1.807, 2.05) is 24.3 Å². The highest BCUT2D eigenvalue weighted by Crippen LogP contribution is 2.36. The molecule has 1 aliphatic rings. The van der Waals surface area contributed by atoms with E-state index in [0.29, 0.717) is 12.0 Å². The third kappa shape index (κ3) is 4.23. The van der Waals surface area contributed by atoms with Gasteiger partial charge in [-0.25, -0.2) is 0 Å². The highest BCUT2D eigenvalue weighted by molar-refractivity contribution is 5.92. The first-order valence-electron chi connectivity index (χ1n) is 7.26. The summed E-state index contributed by atoms with van der Waals surface area (Å²) in [5.41, 5.74) is 1.17. The number of amides is 1. The molecule has 4 heteroatoms. The topological polar surface area (TPSA) is 50.4 Å². The van der Waals surface area contributed by atoms with Crippen molar-refractivity contribution >= 4 is 11.6 Å². The van der Waals surface area contributed by atoms with Crippen LogP contribution >= 0.6 is 0 Å². The van der Waals surface area contributed by atoms with Gasteiger partial charge in [0.25, 0.3) is 0 Å². The third-order valence-corrected chi connectivity index (χ3v) is 4.02. The maximum Gasteiger partial charge on any atom is 0.238 e. The Hall–Kier alpha value is -1.55. The van der Waals surface area contributed by atoms with Gasteiger partial charge in [-0.15, -0.1) is 0 Å². The predicted molar refractivity (Wildman–Crippen MR) is 81.1 cm³/mol. The lowest BCUT2D eigenvalue weighted by atomic mass is 9.89. The summed E-state index contributed by atoms with van der Waals surface area (Å²) in [5.74, 6) is 0.784. The monoisotopic (exact) mass is 276 g/mol. The zero-order valence-electron chi connectivity index (χ0n) is 12.4. The Bertz CT molecular complexity index is 436. The molecule has 1 aromatic carbocycles. The molecule has 0 saturated heterocycles. The first-order valence-corrected chi connectivity index (χ1v) is 7.26. The highest BCUT2D eigenvalue weighted by Gasteiger charge is 2.27. The lowest BCUT2D eigenvalue weighted by molar-refractivity contribution is -0.115. The highest BCUT2D eigenvalue weighted by atomic mass is 16.5. The van der Waals surface area contributed by atoms with Crippen LogP contribution in [0.15, 0.2) is 24.3 Å². The van der Waals surface area contributed by atoms with Gasteiger partial charge in [0.15, 0.2) is 0 Å². The molecule has 2 N–H and O–H groups in total. The van der Waals surface area contributed by atoms with Crippen LogP contribution in [0.25, 0.3) is 0 Å². The molecule has 0 aliphatic heterocycles. The number of nitrogens with one attached hydrogen (secondary N) is 2. The zero-order valence-corrected chi connectivity index (χ0v) is 12.4. The van der Waals surface area contributed by atoms with E-state index in [1.165, 1.54) is 25.7 Å². The Morgan fingerprint density at radius 1 is 1.25 bits per heavy atom. The van der Waals surface area contributed by atoms with Crippen LogP contribution in [0.1, 0.15) is 32.6 Å². The molecule has 1 saturated carbocycles. The van der Waals surface area contributed by atoms with Crippen molar-refractivity contribution in [3.63, 3.8) is 0 Å². The van der Waals surface area contributed by atoms with Gasteiger partial charge in [-0.1, -0.05) is 19.8 Å². The molecule has 1 fully saturated rings. The molecule has 110 valence electrons. The minimum atomic E-state index is -0.00300. The van der Waals surface area contributed by atoms with Crippen molar-refractivity contribution in [1.29, 1.82) is 0 Å². The SMILES string of the molecule is COc1ccc(NC(=O)CNCC2(C)CCCC2)cc1. The largest absolute Gasteiger partial charge is 0.497 e. The molecule has 0 heterocycles. The maximum atomic E-state index is 11.8. The molecule has 1 aliphatic carbocycles. The predicted octanol–water partition coefficient (Wildman–Crippen LogP) is 2.80. The molecule has 0 radical (unpaired) electrons. The second kappa shape index (κ2) is 6.75. The van der Waals surface area contributed by atoms with Gasteiger partial charge in [0, 0.05) is 12.2 Å². The minimum absolute atomic E-state index is 0.00300. The summed E-state index contributed by atoms with van der Waals surface area (Å²) in [7, 11) is 1.63. The molecule has 20 heavy (non-hydrogen) atoms. The first kappa shape index (κ1) is 14.9. The van der Waals surface area contributed by atoms with Crippen molar-refractivity contribution in [2.24, 2.45) is 5.41 Å². The second-order valence-corrected chi connectivity index (χ2v) is 5.90. The van der Waals surface area contributed by atoms with Gasteiger partial charge in [-0.3, -0.25) is 4.79 Å². The molecule has 0 spiro atoms. The molecule has 0 aromatic heterocycles. The lowest BCUT2D eigenvalue weighted by Gasteiger charge is -2.23. The lowest BCUT2D eigenvalue weighted by Crippen LogP contribution is -2.35. The van der Waals surface area contributed by atoms with Crippen molar-refractivity contribution in [2.45, 2.75) is 32.6 Å². The zero-order chi connectivity index (χ0) is 14.4. The molecule has 0 atom stereocenters. The molecule has 4 nitrogen and oxygen atoms in total. The van der Waals surface area contributed by atoms with Gasteiger partial charge in [-0.2, -0.15) is 0 Å². The normalized spacial score (nSPS) is 16.9. The number of carbonyl (C=O) groups is 1. The molecular formula is C16H24N2O2. The fraction of sp³-hybridized carbons (Fsp3) is 0.562. The first-order chi connectivity index (χ1) is 9.61. The molecule has 0 unspecified atom stereocenters.